The third kappa shape index (κ3) is 4.30. The molecule has 6 nitrogen and oxygen atoms in total. The molecule has 4 aromatic rings. The van der Waals surface area contributed by atoms with E-state index in [0.29, 0.717) is 6.54 Å². The van der Waals surface area contributed by atoms with Crippen LogP contribution in [0.25, 0.3) is 16.1 Å². The summed E-state index contributed by atoms with van der Waals surface area (Å²) < 4.78 is 15.0. The van der Waals surface area contributed by atoms with Crippen LogP contribution in [0.4, 0.5) is 4.39 Å². The first kappa shape index (κ1) is 22.2. The number of benzene rings is 2. The van der Waals surface area contributed by atoms with E-state index in [-0.39, 0.29) is 11.4 Å². The maximum atomic E-state index is 14.1. The van der Waals surface area contributed by atoms with Crippen molar-refractivity contribution in [2.45, 2.75) is 25.9 Å². The molecule has 172 valence electrons. The lowest BCUT2D eigenvalue weighted by atomic mass is 9.84. The average molecular weight is 475 g/mol. The second kappa shape index (κ2) is 9.32. The highest BCUT2D eigenvalue weighted by Gasteiger charge is 2.18. The molecule has 2 aromatic heterocycles. The maximum Gasteiger partial charge on any atom is 0.272 e. The zero-order valence-electron chi connectivity index (χ0n) is 18.6. The van der Waals surface area contributed by atoms with Crippen LogP contribution in [0.2, 0.25) is 0 Å². The van der Waals surface area contributed by atoms with Gasteiger partial charge >= 0.3 is 0 Å². The average Bonchev–Trinajstić information content (AvgIpc) is 3.29. The van der Waals surface area contributed by atoms with Crippen molar-refractivity contribution in [3.8, 4) is 16.1 Å². The van der Waals surface area contributed by atoms with Crippen LogP contribution in [0, 0.1) is 5.82 Å². The molecule has 5 rings (SSSR count). The van der Waals surface area contributed by atoms with Crippen molar-refractivity contribution in [2.75, 3.05) is 7.05 Å². The standard InChI is InChI=1S/C26H23FN4O2S/c1-28-14-18-12-16-6-7-17(16)13-20(18)24-10-8-19(34-24)15-29-26(33)22-9-11-25(32)31(30-22)23-5-3-2-4-21(23)27/h2-5,8-13,28H,6-7,14-15H2,1H3,(H,29,33). The lowest BCUT2D eigenvalue weighted by Gasteiger charge is -2.22. The van der Waals surface area contributed by atoms with Gasteiger partial charge in [-0.1, -0.05) is 18.2 Å². The van der Waals surface area contributed by atoms with E-state index in [1.54, 1.807) is 17.4 Å². The smallest absolute Gasteiger partial charge is 0.272 e. The second-order valence-electron chi connectivity index (χ2n) is 8.18. The van der Waals surface area contributed by atoms with Gasteiger partial charge in [0.15, 0.2) is 0 Å². The van der Waals surface area contributed by atoms with Gasteiger partial charge in [-0.2, -0.15) is 9.78 Å². The number of aryl methyl sites for hydroxylation is 2. The molecule has 2 heterocycles. The number of rotatable bonds is 7. The van der Waals surface area contributed by atoms with Gasteiger partial charge in [-0.05, 0) is 78.5 Å². The van der Waals surface area contributed by atoms with Crippen LogP contribution in [0.3, 0.4) is 0 Å². The first-order valence-corrected chi connectivity index (χ1v) is 11.9. The van der Waals surface area contributed by atoms with Gasteiger partial charge in [0.2, 0.25) is 0 Å². The number of halogens is 1. The summed E-state index contributed by atoms with van der Waals surface area (Å²) in [4.78, 5) is 27.1. The Morgan fingerprint density at radius 1 is 1.06 bits per heavy atom. The van der Waals surface area contributed by atoms with E-state index >= 15 is 0 Å². The lowest BCUT2D eigenvalue weighted by Crippen LogP contribution is -2.28. The molecule has 1 amide bonds. The Kier molecular flexibility index (Phi) is 6.08. The predicted octanol–water partition coefficient (Wildman–Crippen LogP) is 3.85. The highest BCUT2D eigenvalue weighted by atomic mass is 32.1. The van der Waals surface area contributed by atoms with Crippen molar-refractivity contribution in [3.63, 3.8) is 0 Å². The molecule has 2 aromatic carbocycles. The Morgan fingerprint density at radius 2 is 1.85 bits per heavy atom. The molecule has 0 saturated heterocycles. The molecule has 0 saturated carbocycles. The van der Waals surface area contributed by atoms with Crippen molar-refractivity contribution in [2.24, 2.45) is 0 Å². The van der Waals surface area contributed by atoms with Crippen molar-refractivity contribution >= 4 is 17.2 Å². The van der Waals surface area contributed by atoms with E-state index in [0.717, 1.165) is 33.8 Å². The topological polar surface area (TPSA) is 76.0 Å². The van der Waals surface area contributed by atoms with Crippen molar-refractivity contribution in [3.05, 3.63) is 104 Å². The van der Waals surface area contributed by atoms with Gasteiger partial charge in [0.25, 0.3) is 11.5 Å². The molecular formula is C26H23FN4O2S. The van der Waals surface area contributed by atoms with E-state index in [1.165, 1.54) is 52.6 Å². The first-order chi connectivity index (χ1) is 16.5. The van der Waals surface area contributed by atoms with Crippen molar-refractivity contribution in [1.29, 1.82) is 0 Å². The number of hydrogen-bond acceptors (Lipinski definition) is 5. The summed E-state index contributed by atoms with van der Waals surface area (Å²) in [5.41, 5.74) is 4.88. The van der Waals surface area contributed by atoms with Gasteiger partial charge in [-0.25, -0.2) is 4.39 Å². The number of amides is 1. The van der Waals surface area contributed by atoms with Crippen LogP contribution in [0.15, 0.2) is 65.5 Å². The molecule has 2 N–H and O–H groups in total. The summed E-state index contributed by atoms with van der Waals surface area (Å²) in [6.45, 7) is 1.13. The van der Waals surface area contributed by atoms with Crippen molar-refractivity contribution in [1.82, 2.24) is 20.4 Å². The predicted molar refractivity (Wildman–Crippen MR) is 131 cm³/mol. The number of thiophene rings is 1. The summed E-state index contributed by atoms with van der Waals surface area (Å²) in [5, 5.41) is 10.2. The molecular weight excluding hydrogens is 451 g/mol. The van der Waals surface area contributed by atoms with Gasteiger partial charge in [0.05, 0.1) is 6.54 Å². The lowest BCUT2D eigenvalue weighted by molar-refractivity contribution is 0.0944. The van der Waals surface area contributed by atoms with E-state index in [9.17, 15) is 14.0 Å². The summed E-state index contributed by atoms with van der Waals surface area (Å²) in [6.07, 6.45) is 2.27. The molecule has 1 aliphatic rings. The third-order valence-electron chi connectivity index (χ3n) is 5.92. The zero-order valence-corrected chi connectivity index (χ0v) is 19.4. The fraction of sp³-hybridized carbons (Fsp3) is 0.192. The fourth-order valence-electron chi connectivity index (χ4n) is 4.07. The van der Waals surface area contributed by atoms with Crippen LogP contribution in [-0.2, 0) is 25.9 Å². The van der Waals surface area contributed by atoms with E-state index in [2.05, 4.69) is 33.9 Å². The largest absolute Gasteiger partial charge is 0.346 e. The minimum Gasteiger partial charge on any atom is -0.346 e. The Balaban J connectivity index is 1.32. The van der Waals surface area contributed by atoms with Gasteiger partial charge in [0, 0.05) is 22.4 Å². The normalized spacial score (nSPS) is 12.2. The number of nitrogens with zero attached hydrogens (tertiary/aromatic N) is 2. The van der Waals surface area contributed by atoms with Crippen LogP contribution < -0.4 is 16.2 Å². The molecule has 0 fully saturated rings. The number of nitrogens with one attached hydrogen (secondary N) is 2. The Bertz CT molecular complexity index is 1440. The third-order valence-corrected chi connectivity index (χ3v) is 7.04. The Hall–Kier alpha value is -3.62. The van der Waals surface area contributed by atoms with Crippen LogP contribution in [0.1, 0.15) is 32.1 Å². The van der Waals surface area contributed by atoms with Crippen LogP contribution in [-0.4, -0.2) is 22.7 Å². The van der Waals surface area contributed by atoms with Gasteiger partial charge in [-0.15, -0.1) is 11.3 Å². The van der Waals surface area contributed by atoms with E-state index in [1.807, 2.05) is 13.1 Å². The van der Waals surface area contributed by atoms with Gasteiger partial charge in [-0.3, -0.25) is 9.59 Å². The number of para-hydroxylation sites is 1. The number of carbonyl (C=O) groups excluding carboxylic acids is 1. The quantitative estimate of drug-likeness (QED) is 0.427. The molecule has 0 bridgehead atoms. The summed E-state index contributed by atoms with van der Waals surface area (Å²) in [6, 6.07) is 17.1. The minimum atomic E-state index is -0.589. The van der Waals surface area contributed by atoms with Gasteiger partial charge < -0.3 is 10.6 Å². The molecule has 1 aliphatic carbocycles. The monoisotopic (exact) mass is 474 g/mol. The molecule has 0 spiro atoms. The van der Waals surface area contributed by atoms with E-state index in [4.69, 9.17) is 0 Å². The highest BCUT2D eigenvalue weighted by Crippen LogP contribution is 2.36. The van der Waals surface area contributed by atoms with Crippen LogP contribution in [0.5, 0.6) is 0 Å². The second-order valence-corrected chi connectivity index (χ2v) is 9.35. The summed E-state index contributed by atoms with van der Waals surface area (Å²) in [7, 11) is 1.95. The SMILES string of the molecule is CNCc1cc2c(cc1-c1ccc(CNC(=O)c3ccc(=O)n(-c4ccccc4F)n3)s1)CC2. The number of hydrogen-bond donors (Lipinski definition) is 2. The molecule has 0 atom stereocenters. The minimum absolute atomic E-state index is 0.000897. The Labute approximate surface area is 200 Å². The molecule has 34 heavy (non-hydrogen) atoms. The first-order valence-electron chi connectivity index (χ1n) is 11.1. The zero-order chi connectivity index (χ0) is 23.7. The van der Waals surface area contributed by atoms with Crippen LogP contribution >= 0.6 is 11.3 Å². The summed E-state index contributed by atoms with van der Waals surface area (Å²) >= 11 is 1.64. The molecule has 0 unspecified atom stereocenters. The molecule has 8 heteroatoms. The Morgan fingerprint density at radius 3 is 2.62 bits per heavy atom. The highest BCUT2D eigenvalue weighted by molar-refractivity contribution is 7.15. The van der Waals surface area contributed by atoms with Crippen molar-refractivity contribution < 1.29 is 9.18 Å². The number of carbonyl (C=O) groups is 1. The van der Waals surface area contributed by atoms with E-state index < -0.39 is 17.3 Å². The number of aromatic nitrogens is 2. The fourth-order valence-corrected chi connectivity index (χ4v) is 5.07. The maximum absolute atomic E-state index is 14.1. The summed E-state index contributed by atoms with van der Waals surface area (Å²) in [5.74, 6) is -1.02. The molecule has 0 radical (unpaired) electrons. The number of fused-ring (bicyclic) bond motifs is 1. The molecule has 0 aliphatic heterocycles. The van der Waals surface area contributed by atoms with Gasteiger partial charge in [0.1, 0.15) is 17.2 Å².